The van der Waals surface area contributed by atoms with Gasteiger partial charge in [-0.25, -0.2) is 4.79 Å². The molecule has 0 spiro atoms. The Morgan fingerprint density at radius 2 is 1.60 bits per heavy atom. The van der Waals surface area contributed by atoms with E-state index in [1.54, 1.807) is 55.5 Å². The highest BCUT2D eigenvalue weighted by molar-refractivity contribution is 5.95. The number of carbonyl (C=O) groups excluding carboxylic acids is 2. The molecule has 10 nitrogen and oxygen atoms in total. The molecule has 1 N–H and O–H groups in total. The van der Waals surface area contributed by atoms with Crippen molar-refractivity contribution in [3.05, 3.63) is 96.1 Å². The second kappa shape index (κ2) is 11.3. The highest BCUT2D eigenvalue weighted by Crippen LogP contribution is 2.20. The quantitative estimate of drug-likeness (QED) is 0.263. The third kappa shape index (κ3) is 7.06. The SMILES string of the molecule is Cc1nc(COc2ccc(C(=O)OCC(=O)Nc3ccc(N=Nc4ccccc4)cc3)cc2)no1. The number of ether oxygens (including phenoxy) is 2. The number of aromatic nitrogens is 2. The number of amides is 1. The number of azo groups is 1. The molecule has 176 valence electrons. The van der Waals surface area contributed by atoms with Gasteiger partial charge < -0.3 is 19.3 Å². The van der Waals surface area contributed by atoms with E-state index in [1.807, 2.05) is 30.3 Å². The van der Waals surface area contributed by atoms with Crippen molar-refractivity contribution in [2.45, 2.75) is 13.5 Å². The number of aryl methyl sites for hydroxylation is 1. The molecule has 0 aliphatic heterocycles. The Hall–Kier alpha value is -4.86. The third-order valence-corrected chi connectivity index (χ3v) is 4.55. The Labute approximate surface area is 200 Å². The van der Waals surface area contributed by atoms with Crippen LogP contribution in [0.25, 0.3) is 0 Å². The molecule has 1 heterocycles. The van der Waals surface area contributed by atoms with Gasteiger partial charge in [-0.05, 0) is 60.7 Å². The summed E-state index contributed by atoms with van der Waals surface area (Å²) >= 11 is 0. The van der Waals surface area contributed by atoms with Crippen molar-refractivity contribution >= 4 is 28.9 Å². The van der Waals surface area contributed by atoms with E-state index >= 15 is 0 Å². The van der Waals surface area contributed by atoms with Gasteiger partial charge in [0.1, 0.15) is 5.75 Å². The van der Waals surface area contributed by atoms with E-state index < -0.39 is 18.5 Å². The van der Waals surface area contributed by atoms with E-state index in [0.717, 1.165) is 5.69 Å². The summed E-state index contributed by atoms with van der Waals surface area (Å²) < 4.78 is 15.5. The van der Waals surface area contributed by atoms with Crippen LogP contribution in [0.4, 0.5) is 17.1 Å². The average molecular weight is 471 g/mol. The molecule has 0 aliphatic rings. The van der Waals surface area contributed by atoms with Crippen molar-refractivity contribution in [2.75, 3.05) is 11.9 Å². The van der Waals surface area contributed by atoms with Crippen LogP contribution in [0.5, 0.6) is 5.75 Å². The summed E-state index contributed by atoms with van der Waals surface area (Å²) in [4.78, 5) is 28.4. The van der Waals surface area contributed by atoms with E-state index in [1.165, 1.54) is 0 Å². The zero-order chi connectivity index (χ0) is 24.5. The number of carbonyl (C=O) groups is 2. The van der Waals surface area contributed by atoms with Crippen LogP contribution in [0, 0.1) is 6.92 Å². The highest BCUT2D eigenvalue weighted by Gasteiger charge is 2.11. The van der Waals surface area contributed by atoms with Gasteiger partial charge in [0, 0.05) is 12.6 Å². The lowest BCUT2D eigenvalue weighted by atomic mass is 10.2. The van der Waals surface area contributed by atoms with Crippen molar-refractivity contribution < 1.29 is 23.6 Å². The van der Waals surface area contributed by atoms with Crippen molar-refractivity contribution in [3.8, 4) is 5.75 Å². The first-order chi connectivity index (χ1) is 17.0. The zero-order valence-corrected chi connectivity index (χ0v) is 18.7. The van der Waals surface area contributed by atoms with Gasteiger partial charge in [-0.1, -0.05) is 23.4 Å². The Morgan fingerprint density at radius 1 is 0.914 bits per heavy atom. The number of esters is 1. The molecule has 0 saturated heterocycles. The summed E-state index contributed by atoms with van der Waals surface area (Å²) in [5, 5.41) is 14.7. The van der Waals surface area contributed by atoms with Gasteiger partial charge in [-0.15, -0.1) is 0 Å². The van der Waals surface area contributed by atoms with Crippen LogP contribution in [0.3, 0.4) is 0 Å². The van der Waals surface area contributed by atoms with Gasteiger partial charge in [-0.2, -0.15) is 15.2 Å². The Bertz CT molecular complexity index is 1300. The van der Waals surface area contributed by atoms with Crippen LogP contribution in [0.1, 0.15) is 22.1 Å². The van der Waals surface area contributed by atoms with Gasteiger partial charge in [0.15, 0.2) is 13.2 Å². The van der Waals surface area contributed by atoms with Crippen LogP contribution in [0.2, 0.25) is 0 Å². The maximum atomic E-state index is 12.2. The van der Waals surface area contributed by atoms with Crippen molar-refractivity contribution in [2.24, 2.45) is 10.2 Å². The maximum Gasteiger partial charge on any atom is 0.338 e. The molecule has 0 fully saturated rings. The largest absolute Gasteiger partial charge is 0.485 e. The minimum absolute atomic E-state index is 0.137. The van der Waals surface area contributed by atoms with Crippen LogP contribution >= 0.6 is 0 Å². The molecule has 1 amide bonds. The summed E-state index contributed by atoms with van der Waals surface area (Å²) in [6.45, 7) is 1.40. The fourth-order valence-electron chi connectivity index (χ4n) is 2.87. The Kier molecular flexibility index (Phi) is 7.54. The first kappa shape index (κ1) is 23.3. The average Bonchev–Trinajstić information content (AvgIpc) is 3.31. The van der Waals surface area contributed by atoms with Gasteiger partial charge in [-0.3, -0.25) is 4.79 Å². The number of nitrogens with one attached hydrogen (secondary N) is 1. The number of nitrogens with zero attached hydrogens (tertiary/aromatic N) is 4. The molecule has 4 rings (SSSR count). The summed E-state index contributed by atoms with van der Waals surface area (Å²) in [6.07, 6.45) is 0. The number of benzene rings is 3. The monoisotopic (exact) mass is 471 g/mol. The number of anilines is 1. The molecular formula is C25H21N5O5. The molecule has 4 aromatic rings. The Morgan fingerprint density at radius 3 is 2.26 bits per heavy atom. The summed E-state index contributed by atoms with van der Waals surface area (Å²) in [7, 11) is 0. The number of hydrogen-bond donors (Lipinski definition) is 1. The van der Waals surface area contributed by atoms with Gasteiger partial charge in [0.05, 0.1) is 16.9 Å². The molecule has 0 radical (unpaired) electrons. The first-order valence-corrected chi connectivity index (χ1v) is 10.6. The standard InChI is InChI=1S/C25H21N5O5/c1-17-26-23(30-35-17)15-33-22-13-7-18(8-14-22)25(32)34-16-24(31)27-19-9-11-21(12-10-19)29-28-20-5-3-2-4-6-20/h2-14H,15-16H2,1H3,(H,27,31). The van der Waals surface area contributed by atoms with Gasteiger partial charge in [0.2, 0.25) is 11.7 Å². The molecule has 3 aromatic carbocycles. The van der Waals surface area contributed by atoms with Gasteiger partial charge in [0.25, 0.3) is 5.91 Å². The van der Waals surface area contributed by atoms with Crippen molar-refractivity contribution in [1.29, 1.82) is 0 Å². The van der Waals surface area contributed by atoms with Crippen molar-refractivity contribution in [1.82, 2.24) is 10.1 Å². The molecule has 0 aliphatic carbocycles. The first-order valence-electron chi connectivity index (χ1n) is 10.6. The summed E-state index contributed by atoms with van der Waals surface area (Å²) in [6, 6.07) is 22.5. The smallest absolute Gasteiger partial charge is 0.338 e. The molecule has 10 heteroatoms. The normalized spacial score (nSPS) is 10.8. The Balaban J connectivity index is 1.21. The minimum Gasteiger partial charge on any atom is -0.485 e. The lowest BCUT2D eigenvalue weighted by Crippen LogP contribution is -2.20. The van der Waals surface area contributed by atoms with Crippen LogP contribution in [0.15, 0.2) is 93.6 Å². The number of rotatable bonds is 9. The predicted octanol–water partition coefficient (Wildman–Crippen LogP) is 5.17. The molecular weight excluding hydrogens is 450 g/mol. The maximum absolute atomic E-state index is 12.2. The van der Waals surface area contributed by atoms with E-state index in [0.29, 0.717) is 28.8 Å². The van der Waals surface area contributed by atoms with E-state index in [-0.39, 0.29) is 12.2 Å². The van der Waals surface area contributed by atoms with Crippen LogP contribution < -0.4 is 10.1 Å². The number of hydrogen-bond acceptors (Lipinski definition) is 9. The van der Waals surface area contributed by atoms with Crippen LogP contribution in [-0.4, -0.2) is 28.6 Å². The molecule has 0 unspecified atom stereocenters. The van der Waals surface area contributed by atoms with E-state index in [2.05, 4.69) is 25.7 Å². The summed E-state index contributed by atoms with van der Waals surface area (Å²) in [5.74, 6) is 0.300. The van der Waals surface area contributed by atoms with E-state index in [9.17, 15) is 9.59 Å². The van der Waals surface area contributed by atoms with Crippen molar-refractivity contribution in [3.63, 3.8) is 0 Å². The highest BCUT2D eigenvalue weighted by atomic mass is 16.5. The molecule has 0 saturated carbocycles. The molecule has 0 atom stereocenters. The lowest BCUT2D eigenvalue weighted by Gasteiger charge is -2.08. The zero-order valence-electron chi connectivity index (χ0n) is 18.7. The van der Waals surface area contributed by atoms with E-state index in [4.69, 9.17) is 14.0 Å². The minimum atomic E-state index is -0.628. The fraction of sp³-hybridized carbons (Fsp3) is 0.120. The predicted molar refractivity (Wildman–Crippen MR) is 126 cm³/mol. The fourth-order valence-corrected chi connectivity index (χ4v) is 2.87. The van der Waals surface area contributed by atoms with Crippen LogP contribution in [-0.2, 0) is 16.1 Å². The molecule has 0 bridgehead atoms. The second-order valence-electron chi connectivity index (χ2n) is 7.25. The molecule has 35 heavy (non-hydrogen) atoms. The molecule has 1 aromatic heterocycles. The lowest BCUT2D eigenvalue weighted by molar-refractivity contribution is -0.119. The topological polar surface area (TPSA) is 128 Å². The summed E-state index contributed by atoms with van der Waals surface area (Å²) in [5.41, 5.74) is 2.21. The third-order valence-electron chi connectivity index (χ3n) is 4.55. The van der Waals surface area contributed by atoms with Gasteiger partial charge >= 0.3 is 5.97 Å². The second-order valence-corrected chi connectivity index (χ2v) is 7.25.